The number of aliphatic carboxylic acids is 1. The average molecular weight is 315 g/mol. The molecule has 0 saturated carbocycles. The summed E-state index contributed by atoms with van der Waals surface area (Å²) in [6.45, 7) is 0. The molecule has 1 atom stereocenters. The lowest BCUT2D eigenvalue weighted by Gasteiger charge is -2.14. The SMILES string of the molecule is COC(=O)CC[C@H](NC(=O)Nc1cccc(Cl)c1)C(=O)O. The monoisotopic (exact) mass is 314 g/mol. The highest BCUT2D eigenvalue weighted by molar-refractivity contribution is 6.30. The van der Waals surface area contributed by atoms with Crippen molar-refractivity contribution in [2.24, 2.45) is 0 Å². The smallest absolute Gasteiger partial charge is 0.326 e. The summed E-state index contributed by atoms with van der Waals surface area (Å²) in [5, 5.41) is 14.2. The maximum atomic E-state index is 11.7. The second-order valence-corrected chi connectivity index (χ2v) is 4.55. The van der Waals surface area contributed by atoms with E-state index >= 15 is 0 Å². The first-order valence-electron chi connectivity index (χ1n) is 6.05. The highest BCUT2D eigenvalue weighted by atomic mass is 35.5. The summed E-state index contributed by atoms with van der Waals surface area (Å²) in [5.41, 5.74) is 0.428. The summed E-state index contributed by atoms with van der Waals surface area (Å²) < 4.78 is 4.42. The molecule has 7 nitrogen and oxygen atoms in total. The Kier molecular flexibility index (Phi) is 6.48. The fourth-order valence-corrected chi connectivity index (χ4v) is 1.70. The van der Waals surface area contributed by atoms with Crippen molar-refractivity contribution in [3.05, 3.63) is 29.3 Å². The van der Waals surface area contributed by atoms with Crippen LogP contribution in [0.2, 0.25) is 5.02 Å². The van der Waals surface area contributed by atoms with Crippen LogP contribution < -0.4 is 10.6 Å². The van der Waals surface area contributed by atoms with Gasteiger partial charge in [0.05, 0.1) is 7.11 Å². The van der Waals surface area contributed by atoms with Gasteiger partial charge < -0.3 is 20.5 Å². The van der Waals surface area contributed by atoms with Gasteiger partial charge in [-0.1, -0.05) is 17.7 Å². The number of benzene rings is 1. The van der Waals surface area contributed by atoms with Crippen molar-refractivity contribution in [1.82, 2.24) is 5.32 Å². The van der Waals surface area contributed by atoms with Gasteiger partial charge in [-0.3, -0.25) is 4.79 Å². The molecule has 0 bridgehead atoms. The van der Waals surface area contributed by atoms with E-state index in [9.17, 15) is 14.4 Å². The molecule has 1 aromatic rings. The molecule has 0 spiro atoms. The number of ether oxygens (including phenoxy) is 1. The number of carbonyl (C=O) groups is 3. The molecular weight excluding hydrogens is 300 g/mol. The predicted molar refractivity (Wildman–Crippen MR) is 76.3 cm³/mol. The van der Waals surface area contributed by atoms with E-state index in [1.165, 1.54) is 13.2 Å². The standard InChI is InChI=1S/C13H15ClN2O5/c1-21-11(17)6-5-10(12(18)19)16-13(20)15-9-4-2-3-8(14)7-9/h2-4,7,10H,5-6H2,1H3,(H,18,19)(H2,15,16,20)/t10-/m0/s1. The number of rotatable bonds is 6. The maximum absolute atomic E-state index is 11.7. The van der Waals surface area contributed by atoms with Crippen molar-refractivity contribution in [3.63, 3.8) is 0 Å². The van der Waals surface area contributed by atoms with E-state index in [-0.39, 0.29) is 12.8 Å². The lowest BCUT2D eigenvalue weighted by Crippen LogP contribution is -2.43. The zero-order valence-electron chi connectivity index (χ0n) is 11.3. The highest BCUT2D eigenvalue weighted by Gasteiger charge is 2.21. The van der Waals surface area contributed by atoms with Crippen molar-refractivity contribution >= 4 is 35.3 Å². The summed E-state index contributed by atoms with van der Waals surface area (Å²) in [6, 6.07) is 4.52. The number of halogens is 1. The van der Waals surface area contributed by atoms with E-state index in [4.69, 9.17) is 16.7 Å². The number of urea groups is 1. The molecule has 0 saturated heterocycles. The third-order valence-corrected chi connectivity index (χ3v) is 2.79. The molecule has 0 fully saturated rings. The summed E-state index contributed by atoms with van der Waals surface area (Å²) in [4.78, 5) is 33.7. The predicted octanol–water partition coefficient (Wildman–Crippen LogP) is 1.87. The Bertz CT molecular complexity index is 535. The van der Waals surface area contributed by atoms with Crippen LogP contribution in [0, 0.1) is 0 Å². The first-order valence-corrected chi connectivity index (χ1v) is 6.43. The van der Waals surface area contributed by atoms with Gasteiger partial charge in [0.25, 0.3) is 0 Å². The maximum Gasteiger partial charge on any atom is 0.326 e. The summed E-state index contributed by atoms with van der Waals surface area (Å²) in [7, 11) is 1.21. The summed E-state index contributed by atoms with van der Waals surface area (Å²) in [5.74, 6) is -1.78. The van der Waals surface area contributed by atoms with Crippen LogP contribution in [-0.4, -0.2) is 36.2 Å². The molecule has 0 aliphatic rings. The number of amides is 2. The van der Waals surface area contributed by atoms with Crippen LogP contribution >= 0.6 is 11.6 Å². The van der Waals surface area contributed by atoms with Gasteiger partial charge in [0.2, 0.25) is 0 Å². The zero-order chi connectivity index (χ0) is 15.8. The molecule has 1 rings (SSSR count). The molecule has 0 heterocycles. The molecule has 21 heavy (non-hydrogen) atoms. The van der Waals surface area contributed by atoms with Gasteiger partial charge in [0.15, 0.2) is 0 Å². The molecule has 0 aliphatic carbocycles. The Balaban J connectivity index is 2.56. The molecule has 114 valence electrons. The van der Waals surface area contributed by atoms with Crippen molar-refractivity contribution in [2.75, 3.05) is 12.4 Å². The van der Waals surface area contributed by atoms with Crippen LogP contribution in [0.4, 0.5) is 10.5 Å². The number of nitrogens with one attached hydrogen (secondary N) is 2. The molecule has 2 amide bonds. The molecule has 8 heteroatoms. The third-order valence-electron chi connectivity index (χ3n) is 2.55. The van der Waals surface area contributed by atoms with E-state index < -0.39 is 24.0 Å². The average Bonchev–Trinajstić information content (AvgIpc) is 2.42. The van der Waals surface area contributed by atoms with Gasteiger partial charge in [-0.15, -0.1) is 0 Å². The third kappa shape index (κ3) is 6.13. The quantitative estimate of drug-likeness (QED) is 0.695. The molecule has 0 aliphatic heterocycles. The largest absolute Gasteiger partial charge is 0.480 e. The Morgan fingerprint density at radius 3 is 2.67 bits per heavy atom. The first kappa shape index (κ1) is 16.8. The topological polar surface area (TPSA) is 105 Å². The van der Waals surface area contributed by atoms with Gasteiger partial charge in [-0.25, -0.2) is 9.59 Å². The number of hydrogen-bond donors (Lipinski definition) is 3. The molecule has 1 aromatic carbocycles. The number of esters is 1. The van der Waals surface area contributed by atoms with Gasteiger partial charge in [0, 0.05) is 17.1 Å². The highest BCUT2D eigenvalue weighted by Crippen LogP contribution is 2.14. The van der Waals surface area contributed by atoms with Crippen molar-refractivity contribution in [2.45, 2.75) is 18.9 Å². The fraction of sp³-hybridized carbons (Fsp3) is 0.308. The van der Waals surface area contributed by atoms with Crippen LogP contribution in [0.15, 0.2) is 24.3 Å². The number of anilines is 1. The normalized spacial score (nSPS) is 11.3. The number of carboxylic acids is 1. The lowest BCUT2D eigenvalue weighted by molar-refractivity contribution is -0.142. The number of carboxylic acid groups (broad SMARTS) is 1. The van der Waals surface area contributed by atoms with Crippen molar-refractivity contribution in [1.29, 1.82) is 0 Å². The van der Waals surface area contributed by atoms with Crippen molar-refractivity contribution < 1.29 is 24.2 Å². The minimum absolute atomic E-state index is 0.0645. The number of carbonyl (C=O) groups excluding carboxylic acids is 2. The van der Waals surface area contributed by atoms with Gasteiger partial charge in [-0.2, -0.15) is 0 Å². The Hall–Kier alpha value is -2.28. The minimum Gasteiger partial charge on any atom is -0.480 e. The molecular formula is C13H15ClN2O5. The minimum atomic E-state index is -1.24. The second-order valence-electron chi connectivity index (χ2n) is 4.11. The van der Waals surface area contributed by atoms with E-state index in [2.05, 4.69) is 15.4 Å². The molecule has 0 radical (unpaired) electrons. The van der Waals surface area contributed by atoms with Crippen LogP contribution in [0.3, 0.4) is 0 Å². The zero-order valence-corrected chi connectivity index (χ0v) is 12.0. The molecule has 0 unspecified atom stereocenters. The molecule has 3 N–H and O–H groups in total. The Morgan fingerprint density at radius 2 is 2.10 bits per heavy atom. The second kappa shape index (κ2) is 8.11. The van der Waals surface area contributed by atoms with Gasteiger partial charge in [-0.05, 0) is 24.6 Å². The van der Waals surface area contributed by atoms with E-state index in [0.29, 0.717) is 10.7 Å². The summed E-state index contributed by atoms with van der Waals surface area (Å²) in [6.07, 6.45) is -0.171. The fourth-order valence-electron chi connectivity index (χ4n) is 1.51. The Morgan fingerprint density at radius 1 is 1.38 bits per heavy atom. The van der Waals surface area contributed by atoms with Crippen LogP contribution in [0.25, 0.3) is 0 Å². The van der Waals surface area contributed by atoms with Crippen molar-refractivity contribution in [3.8, 4) is 0 Å². The van der Waals surface area contributed by atoms with E-state index in [1.807, 2.05) is 0 Å². The number of methoxy groups -OCH3 is 1. The van der Waals surface area contributed by atoms with Crippen LogP contribution in [-0.2, 0) is 14.3 Å². The van der Waals surface area contributed by atoms with Gasteiger partial charge >= 0.3 is 18.0 Å². The summed E-state index contributed by atoms with van der Waals surface area (Å²) >= 11 is 5.77. The van der Waals surface area contributed by atoms with E-state index in [1.54, 1.807) is 18.2 Å². The first-order chi connectivity index (χ1) is 9.92. The lowest BCUT2D eigenvalue weighted by atomic mass is 10.1. The van der Waals surface area contributed by atoms with Crippen LogP contribution in [0.1, 0.15) is 12.8 Å². The Labute approximate surface area is 126 Å². The van der Waals surface area contributed by atoms with Crippen LogP contribution in [0.5, 0.6) is 0 Å². The van der Waals surface area contributed by atoms with E-state index in [0.717, 1.165) is 0 Å². The molecule has 0 aromatic heterocycles. The number of hydrogen-bond acceptors (Lipinski definition) is 4. The van der Waals surface area contributed by atoms with Gasteiger partial charge in [0.1, 0.15) is 6.04 Å².